The summed E-state index contributed by atoms with van der Waals surface area (Å²) >= 11 is 0. The average molecular weight is 484 g/mol. The molecule has 0 radical (unpaired) electrons. The molecular weight excluding hydrogens is 450 g/mol. The SMILES string of the molecule is CC(C)n1nc(-c2cnc3cnn(Cc4ccccn4)c3c2)cc1[C@H]1[C@@H]2CC(N3CCOCC3)C[C@@H]21. The molecule has 0 bridgehead atoms. The summed E-state index contributed by atoms with van der Waals surface area (Å²) < 4.78 is 9.81. The quantitative estimate of drug-likeness (QED) is 0.410. The van der Waals surface area contributed by atoms with Gasteiger partial charge in [0.15, 0.2) is 0 Å². The zero-order valence-corrected chi connectivity index (χ0v) is 21.0. The van der Waals surface area contributed by atoms with E-state index in [1.807, 2.05) is 41.5 Å². The third kappa shape index (κ3) is 3.83. The summed E-state index contributed by atoms with van der Waals surface area (Å²) in [6.45, 7) is 9.05. The number of hydrogen-bond donors (Lipinski definition) is 0. The second-order valence-electron chi connectivity index (χ2n) is 10.9. The van der Waals surface area contributed by atoms with Gasteiger partial charge in [-0.2, -0.15) is 10.2 Å². The predicted octanol–water partition coefficient (Wildman–Crippen LogP) is 4.14. The average Bonchev–Trinajstić information content (AvgIpc) is 3.32. The van der Waals surface area contributed by atoms with E-state index >= 15 is 0 Å². The number of rotatable bonds is 6. The van der Waals surface area contributed by atoms with Gasteiger partial charge < -0.3 is 4.74 Å². The van der Waals surface area contributed by atoms with Crippen LogP contribution >= 0.6 is 0 Å². The van der Waals surface area contributed by atoms with E-state index in [1.165, 1.54) is 18.5 Å². The van der Waals surface area contributed by atoms with Gasteiger partial charge in [-0.3, -0.25) is 24.2 Å². The van der Waals surface area contributed by atoms with E-state index in [4.69, 9.17) is 14.8 Å². The van der Waals surface area contributed by atoms with Crippen LogP contribution in [0.3, 0.4) is 0 Å². The molecule has 0 amide bonds. The van der Waals surface area contributed by atoms with Crippen LogP contribution in [-0.2, 0) is 11.3 Å². The van der Waals surface area contributed by atoms with E-state index in [9.17, 15) is 0 Å². The van der Waals surface area contributed by atoms with Crippen molar-refractivity contribution < 1.29 is 4.74 Å². The molecule has 3 fully saturated rings. The van der Waals surface area contributed by atoms with Crippen molar-refractivity contribution in [2.24, 2.45) is 11.8 Å². The predicted molar refractivity (Wildman–Crippen MR) is 138 cm³/mol. The van der Waals surface area contributed by atoms with Crippen LogP contribution in [0, 0.1) is 11.8 Å². The molecule has 186 valence electrons. The zero-order chi connectivity index (χ0) is 24.2. The van der Waals surface area contributed by atoms with Crippen molar-refractivity contribution in [3.05, 3.63) is 60.3 Å². The number of nitrogens with zero attached hydrogens (tertiary/aromatic N) is 7. The lowest BCUT2D eigenvalue weighted by molar-refractivity contribution is 0.0151. The second-order valence-corrected chi connectivity index (χ2v) is 10.9. The molecule has 2 aliphatic carbocycles. The van der Waals surface area contributed by atoms with Crippen LogP contribution in [0.15, 0.2) is 48.9 Å². The summed E-state index contributed by atoms with van der Waals surface area (Å²) in [5, 5.41) is 9.67. The first kappa shape index (κ1) is 22.1. The number of fused-ring (bicyclic) bond motifs is 2. The Morgan fingerprint density at radius 2 is 1.86 bits per heavy atom. The lowest BCUT2D eigenvalue weighted by Crippen LogP contribution is -2.43. The molecule has 0 spiro atoms. The highest BCUT2D eigenvalue weighted by Crippen LogP contribution is 2.64. The maximum atomic E-state index is 5.57. The van der Waals surface area contributed by atoms with Gasteiger partial charge in [0, 0.05) is 54.7 Å². The van der Waals surface area contributed by atoms with Gasteiger partial charge in [-0.05, 0) is 62.8 Å². The Kier molecular flexibility index (Phi) is 5.40. The molecule has 0 aromatic carbocycles. The highest BCUT2D eigenvalue weighted by molar-refractivity contribution is 5.79. The van der Waals surface area contributed by atoms with Crippen molar-refractivity contribution in [2.45, 2.75) is 51.2 Å². The summed E-state index contributed by atoms with van der Waals surface area (Å²) in [6, 6.07) is 11.5. The van der Waals surface area contributed by atoms with Gasteiger partial charge in [0.05, 0.1) is 42.9 Å². The van der Waals surface area contributed by atoms with Crippen LogP contribution in [0.25, 0.3) is 22.3 Å². The minimum atomic E-state index is 0.330. The molecule has 2 saturated carbocycles. The van der Waals surface area contributed by atoms with E-state index in [1.54, 1.807) is 0 Å². The fourth-order valence-corrected chi connectivity index (χ4v) is 6.57. The molecule has 4 aromatic heterocycles. The normalized spacial score (nSPS) is 26.1. The number of ether oxygens (including phenoxy) is 1. The van der Waals surface area contributed by atoms with Crippen LogP contribution in [0.1, 0.15) is 50.0 Å². The fraction of sp³-hybridized carbons (Fsp3) is 0.500. The molecule has 36 heavy (non-hydrogen) atoms. The monoisotopic (exact) mass is 483 g/mol. The highest BCUT2D eigenvalue weighted by Gasteiger charge is 2.58. The van der Waals surface area contributed by atoms with Crippen LogP contribution in [0.4, 0.5) is 0 Å². The first-order valence-electron chi connectivity index (χ1n) is 13.3. The van der Waals surface area contributed by atoms with Gasteiger partial charge in [0.1, 0.15) is 5.52 Å². The lowest BCUT2D eigenvalue weighted by Gasteiger charge is -2.33. The minimum Gasteiger partial charge on any atom is -0.379 e. The standard InChI is InChI=1S/C28H33N7O/c1-18(2)35-27(28-22-12-21(13-23(22)28)33-7-9-36-10-8-33)14-24(32-35)19-11-26-25(30-15-19)16-31-34(26)17-20-5-3-4-6-29-20/h3-6,11,14-16,18,21-23,28H,7-10,12-13,17H2,1-2H3/t21?,22-,23+,28+. The zero-order valence-electron chi connectivity index (χ0n) is 21.0. The van der Waals surface area contributed by atoms with E-state index in [2.05, 4.69) is 45.6 Å². The largest absolute Gasteiger partial charge is 0.379 e. The Balaban J connectivity index is 1.15. The summed E-state index contributed by atoms with van der Waals surface area (Å²) in [7, 11) is 0. The molecule has 7 rings (SSSR count). The second kappa shape index (κ2) is 8.78. The molecule has 1 aliphatic heterocycles. The summed E-state index contributed by atoms with van der Waals surface area (Å²) in [4.78, 5) is 11.8. The van der Waals surface area contributed by atoms with Crippen molar-refractivity contribution in [1.29, 1.82) is 0 Å². The summed E-state index contributed by atoms with van der Waals surface area (Å²) in [6.07, 6.45) is 8.22. The third-order valence-electron chi connectivity index (χ3n) is 8.41. The topological polar surface area (TPSA) is 73.9 Å². The number of morpholine rings is 1. The Morgan fingerprint density at radius 1 is 1.03 bits per heavy atom. The van der Waals surface area contributed by atoms with Crippen molar-refractivity contribution in [2.75, 3.05) is 26.3 Å². The summed E-state index contributed by atoms with van der Waals surface area (Å²) in [5.41, 5.74) is 6.34. The van der Waals surface area contributed by atoms with E-state index < -0.39 is 0 Å². The summed E-state index contributed by atoms with van der Waals surface area (Å²) in [5.74, 6) is 2.22. The molecule has 8 heteroatoms. The fourth-order valence-electron chi connectivity index (χ4n) is 6.57. The first-order chi connectivity index (χ1) is 17.7. The number of hydrogen-bond acceptors (Lipinski definition) is 6. The van der Waals surface area contributed by atoms with Gasteiger partial charge in [0.25, 0.3) is 0 Å². The molecule has 1 saturated heterocycles. The van der Waals surface area contributed by atoms with Crippen LogP contribution in [-0.4, -0.2) is 66.8 Å². The van der Waals surface area contributed by atoms with Crippen molar-refractivity contribution in [1.82, 2.24) is 34.4 Å². The molecule has 3 aliphatic rings. The highest BCUT2D eigenvalue weighted by atomic mass is 16.5. The van der Waals surface area contributed by atoms with Gasteiger partial charge >= 0.3 is 0 Å². The minimum absolute atomic E-state index is 0.330. The first-order valence-corrected chi connectivity index (χ1v) is 13.3. The van der Waals surface area contributed by atoms with Gasteiger partial charge in [-0.1, -0.05) is 6.07 Å². The molecule has 5 heterocycles. The van der Waals surface area contributed by atoms with E-state index in [-0.39, 0.29) is 0 Å². The van der Waals surface area contributed by atoms with E-state index in [0.29, 0.717) is 18.5 Å². The van der Waals surface area contributed by atoms with Gasteiger partial charge in [-0.15, -0.1) is 0 Å². The van der Waals surface area contributed by atoms with Crippen molar-refractivity contribution in [3.8, 4) is 11.3 Å². The van der Waals surface area contributed by atoms with Crippen molar-refractivity contribution >= 4 is 11.0 Å². The number of aromatic nitrogens is 6. The van der Waals surface area contributed by atoms with Crippen LogP contribution in [0.2, 0.25) is 0 Å². The Bertz CT molecular complexity index is 1360. The van der Waals surface area contributed by atoms with Crippen molar-refractivity contribution in [3.63, 3.8) is 0 Å². The molecule has 8 nitrogen and oxygen atoms in total. The molecule has 4 aromatic rings. The Hall–Kier alpha value is -3.10. The molecule has 1 unspecified atom stereocenters. The Morgan fingerprint density at radius 3 is 2.61 bits per heavy atom. The van der Waals surface area contributed by atoms with Crippen LogP contribution < -0.4 is 0 Å². The van der Waals surface area contributed by atoms with Gasteiger partial charge in [0.2, 0.25) is 0 Å². The molecule has 4 atom stereocenters. The maximum absolute atomic E-state index is 5.57. The molecular formula is C28H33N7O. The lowest BCUT2D eigenvalue weighted by atomic mass is 10.0. The van der Waals surface area contributed by atoms with Crippen LogP contribution in [0.5, 0.6) is 0 Å². The van der Waals surface area contributed by atoms with Gasteiger partial charge in [-0.25, -0.2) is 0 Å². The smallest absolute Gasteiger partial charge is 0.108 e. The van der Waals surface area contributed by atoms with E-state index in [0.717, 1.165) is 72.2 Å². The maximum Gasteiger partial charge on any atom is 0.108 e. The number of pyridine rings is 2. The third-order valence-corrected chi connectivity index (χ3v) is 8.41. The molecule has 0 N–H and O–H groups in total. The Labute approximate surface area is 211 Å².